The number of furan rings is 1. The van der Waals surface area contributed by atoms with Crippen molar-refractivity contribution in [1.82, 2.24) is 0 Å². The summed E-state index contributed by atoms with van der Waals surface area (Å²) in [5, 5.41) is -0.00441. The largest absolute Gasteiger partial charge is 0.458 e. The maximum Gasteiger partial charge on any atom is 0.228 e. The van der Waals surface area contributed by atoms with Crippen molar-refractivity contribution in [2.45, 2.75) is 13.3 Å². The van der Waals surface area contributed by atoms with Crippen LogP contribution in [0.5, 0.6) is 0 Å². The van der Waals surface area contributed by atoms with Crippen molar-refractivity contribution in [2.24, 2.45) is 0 Å². The molecule has 4 heteroatoms. The van der Waals surface area contributed by atoms with Crippen LogP contribution in [-0.4, -0.2) is 5.78 Å². The van der Waals surface area contributed by atoms with Crippen molar-refractivity contribution < 1.29 is 13.6 Å². The highest BCUT2D eigenvalue weighted by molar-refractivity contribution is 6.30. The Balaban J connectivity index is 2.33. The van der Waals surface area contributed by atoms with E-state index in [0.29, 0.717) is 6.42 Å². The molecule has 0 aliphatic carbocycles. The molecule has 1 heterocycles. The summed E-state index contributed by atoms with van der Waals surface area (Å²) in [6, 6.07) is 7.27. The van der Waals surface area contributed by atoms with Crippen LogP contribution < -0.4 is 0 Å². The smallest absolute Gasteiger partial charge is 0.228 e. The average molecular weight is 253 g/mol. The first-order chi connectivity index (χ1) is 8.11. The van der Waals surface area contributed by atoms with Gasteiger partial charge < -0.3 is 4.42 Å². The Morgan fingerprint density at radius 1 is 1.35 bits per heavy atom. The standard InChI is InChI=1S/C13H10ClFO2/c1-2-9-4-6-12(17-9)13(16)8-3-5-10(14)11(15)7-8/h3-7H,2H2,1H3. The lowest BCUT2D eigenvalue weighted by Crippen LogP contribution is -2.00. The Hall–Kier alpha value is -1.61. The van der Waals surface area contributed by atoms with E-state index in [1.807, 2.05) is 6.92 Å². The Bertz CT molecular complexity index is 560. The van der Waals surface area contributed by atoms with Crippen LogP contribution in [0.4, 0.5) is 4.39 Å². The van der Waals surface area contributed by atoms with Crippen LogP contribution in [0.15, 0.2) is 34.7 Å². The monoisotopic (exact) mass is 252 g/mol. The van der Waals surface area contributed by atoms with Crippen LogP contribution in [0, 0.1) is 5.82 Å². The van der Waals surface area contributed by atoms with E-state index in [1.165, 1.54) is 12.1 Å². The molecule has 0 N–H and O–H groups in total. The van der Waals surface area contributed by atoms with E-state index < -0.39 is 5.82 Å². The van der Waals surface area contributed by atoms with Gasteiger partial charge in [0.1, 0.15) is 11.6 Å². The molecule has 0 amide bonds. The van der Waals surface area contributed by atoms with E-state index in [4.69, 9.17) is 16.0 Å². The third-order valence-corrected chi connectivity index (χ3v) is 2.72. The second kappa shape index (κ2) is 4.72. The van der Waals surface area contributed by atoms with Crippen molar-refractivity contribution >= 4 is 17.4 Å². The highest BCUT2D eigenvalue weighted by atomic mass is 35.5. The molecule has 0 atom stereocenters. The van der Waals surface area contributed by atoms with Crippen LogP contribution in [0.3, 0.4) is 0 Å². The molecule has 0 bridgehead atoms. The highest BCUT2D eigenvalue weighted by Gasteiger charge is 2.14. The molecule has 0 unspecified atom stereocenters. The lowest BCUT2D eigenvalue weighted by molar-refractivity contribution is 0.101. The number of aryl methyl sites for hydroxylation is 1. The van der Waals surface area contributed by atoms with E-state index in [-0.39, 0.29) is 22.1 Å². The highest BCUT2D eigenvalue weighted by Crippen LogP contribution is 2.19. The van der Waals surface area contributed by atoms with E-state index >= 15 is 0 Å². The first kappa shape index (κ1) is 11.9. The molecule has 0 saturated heterocycles. The third kappa shape index (κ3) is 2.39. The van der Waals surface area contributed by atoms with Crippen LogP contribution in [0.2, 0.25) is 5.02 Å². The quantitative estimate of drug-likeness (QED) is 0.777. The van der Waals surface area contributed by atoms with Crippen LogP contribution in [-0.2, 0) is 6.42 Å². The molecule has 0 aliphatic rings. The molecule has 0 aliphatic heterocycles. The summed E-state index contributed by atoms with van der Waals surface area (Å²) in [6.45, 7) is 1.93. The fourth-order valence-electron chi connectivity index (χ4n) is 1.47. The van der Waals surface area contributed by atoms with Gasteiger partial charge in [0.15, 0.2) is 5.76 Å². The first-order valence-electron chi connectivity index (χ1n) is 5.20. The minimum Gasteiger partial charge on any atom is -0.458 e. The van der Waals surface area contributed by atoms with Gasteiger partial charge in [-0.1, -0.05) is 18.5 Å². The molecule has 0 saturated carbocycles. The fourth-order valence-corrected chi connectivity index (χ4v) is 1.59. The van der Waals surface area contributed by atoms with Crippen molar-refractivity contribution in [3.8, 4) is 0 Å². The number of halogens is 2. The van der Waals surface area contributed by atoms with Crippen LogP contribution >= 0.6 is 11.6 Å². The molecule has 88 valence electrons. The molecule has 2 rings (SSSR count). The van der Waals surface area contributed by atoms with Crippen LogP contribution in [0.1, 0.15) is 28.8 Å². The average Bonchev–Trinajstić information content (AvgIpc) is 2.80. The Labute approximate surface area is 103 Å². The number of carbonyl (C=O) groups excluding carboxylic acids is 1. The zero-order chi connectivity index (χ0) is 12.4. The molecule has 17 heavy (non-hydrogen) atoms. The van der Waals surface area contributed by atoms with Crippen molar-refractivity contribution in [3.63, 3.8) is 0 Å². The second-order valence-corrected chi connectivity index (χ2v) is 3.98. The van der Waals surface area contributed by atoms with Gasteiger partial charge in [0.05, 0.1) is 5.02 Å². The predicted molar refractivity (Wildman–Crippen MR) is 62.9 cm³/mol. The van der Waals surface area contributed by atoms with Gasteiger partial charge in [0.25, 0.3) is 0 Å². The molecule has 0 fully saturated rings. The minimum absolute atomic E-state index is 0.00441. The zero-order valence-corrected chi connectivity index (χ0v) is 9.92. The Kier molecular flexibility index (Phi) is 3.29. The lowest BCUT2D eigenvalue weighted by atomic mass is 10.1. The van der Waals surface area contributed by atoms with Gasteiger partial charge in [-0.2, -0.15) is 0 Å². The van der Waals surface area contributed by atoms with Crippen molar-refractivity contribution in [2.75, 3.05) is 0 Å². The topological polar surface area (TPSA) is 30.2 Å². The number of rotatable bonds is 3. The van der Waals surface area contributed by atoms with Crippen LogP contribution in [0.25, 0.3) is 0 Å². The molecule has 2 aromatic rings. The van der Waals surface area contributed by atoms with E-state index in [1.54, 1.807) is 12.1 Å². The summed E-state index contributed by atoms with van der Waals surface area (Å²) in [4.78, 5) is 11.9. The van der Waals surface area contributed by atoms with Crippen molar-refractivity contribution in [3.05, 3.63) is 58.3 Å². The van der Waals surface area contributed by atoms with Gasteiger partial charge in [0, 0.05) is 12.0 Å². The summed E-state index contributed by atoms with van der Waals surface area (Å²) in [5.41, 5.74) is 0.226. The number of ketones is 1. The van der Waals surface area contributed by atoms with E-state index in [2.05, 4.69) is 0 Å². The molecule has 1 aromatic carbocycles. The molecular weight excluding hydrogens is 243 g/mol. The van der Waals surface area contributed by atoms with Gasteiger partial charge in [-0.15, -0.1) is 0 Å². The molecule has 2 nitrogen and oxygen atoms in total. The molecule has 1 aromatic heterocycles. The molecule has 0 spiro atoms. The van der Waals surface area contributed by atoms with Gasteiger partial charge in [-0.05, 0) is 30.3 Å². The van der Waals surface area contributed by atoms with E-state index in [9.17, 15) is 9.18 Å². The third-order valence-electron chi connectivity index (χ3n) is 2.42. The Morgan fingerprint density at radius 3 is 2.71 bits per heavy atom. The summed E-state index contributed by atoms with van der Waals surface area (Å²) < 4.78 is 18.5. The Morgan fingerprint density at radius 2 is 2.12 bits per heavy atom. The minimum atomic E-state index is -0.611. The lowest BCUT2D eigenvalue weighted by Gasteiger charge is -1.99. The number of hydrogen-bond acceptors (Lipinski definition) is 2. The number of carbonyl (C=O) groups is 1. The second-order valence-electron chi connectivity index (χ2n) is 3.58. The SMILES string of the molecule is CCc1ccc(C(=O)c2ccc(Cl)c(F)c2)o1. The normalized spacial score (nSPS) is 10.5. The van der Waals surface area contributed by atoms with E-state index in [0.717, 1.165) is 11.8 Å². The molecular formula is C13H10ClFO2. The fraction of sp³-hybridized carbons (Fsp3) is 0.154. The summed E-state index contributed by atoms with van der Waals surface area (Å²) in [5.74, 6) is -0.0218. The summed E-state index contributed by atoms with van der Waals surface area (Å²) in [7, 11) is 0. The summed E-state index contributed by atoms with van der Waals surface area (Å²) >= 11 is 5.55. The van der Waals surface area contributed by atoms with Crippen molar-refractivity contribution in [1.29, 1.82) is 0 Å². The van der Waals surface area contributed by atoms with Gasteiger partial charge in [-0.25, -0.2) is 4.39 Å². The maximum absolute atomic E-state index is 13.2. The van der Waals surface area contributed by atoms with Gasteiger partial charge in [-0.3, -0.25) is 4.79 Å². The maximum atomic E-state index is 13.2. The van der Waals surface area contributed by atoms with Gasteiger partial charge >= 0.3 is 0 Å². The first-order valence-corrected chi connectivity index (χ1v) is 5.58. The van der Waals surface area contributed by atoms with Gasteiger partial charge in [0.2, 0.25) is 5.78 Å². The summed E-state index contributed by atoms with van der Waals surface area (Å²) in [6.07, 6.45) is 0.711. The number of benzene rings is 1. The predicted octanol–water partition coefficient (Wildman–Crippen LogP) is 3.87. The zero-order valence-electron chi connectivity index (χ0n) is 9.17. The molecule has 0 radical (unpaired) electrons. The number of hydrogen-bond donors (Lipinski definition) is 0.